The fourth-order valence-corrected chi connectivity index (χ4v) is 3.25. The van der Waals surface area contributed by atoms with Crippen molar-refractivity contribution in [2.24, 2.45) is 0 Å². The highest BCUT2D eigenvalue weighted by Gasteiger charge is 2.26. The van der Waals surface area contributed by atoms with Crippen LogP contribution in [0.2, 0.25) is 0 Å². The summed E-state index contributed by atoms with van der Waals surface area (Å²) in [5.41, 5.74) is 1.85. The Hall–Kier alpha value is -3.28. The molecule has 25 heavy (non-hydrogen) atoms. The first-order valence-corrected chi connectivity index (χ1v) is 8.02. The first kappa shape index (κ1) is 15.3. The molecule has 0 unspecified atom stereocenters. The standard InChI is InChI=1S/C19H16N2O4/c22-16-4-1-3-11-12(16)6-8-14(11)20-18(23)13-7-9-15(21-19(13)24)17-5-2-10-25-17/h1-5,7,9-10,14,22H,6,8H2,(H,20,23)(H,21,24)/t14-/m1/s1. The second-order valence-corrected chi connectivity index (χ2v) is 6.00. The summed E-state index contributed by atoms with van der Waals surface area (Å²) in [4.78, 5) is 27.4. The molecule has 6 nitrogen and oxygen atoms in total. The summed E-state index contributed by atoms with van der Waals surface area (Å²) >= 11 is 0. The topological polar surface area (TPSA) is 95.3 Å². The van der Waals surface area contributed by atoms with E-state index >= 15 is 0 Å². The lowest BCUT2D eigenvalue weighted by molar-refractivity contribution is 0.0935. The molecule has 4 rings (SSSR count). The third kappa shape index (κ3) is 2.71. The van der Waals surface area contributed by atoms with Gasteiger partial charge in [-0.25, -0.2) is 0 Å². The van der Waals surface area contributed by atoms with Gasteiger partial charge in [-0.15, -0.1) is 0 Å². The lowest BCUT2D eigenvalue weighted by Crippen LogP contribution is -2.32. The van der Waals surface area contributed by atoms with E-state index in [0.29, 0.717) is 24.3 Å². The molecule has 3 aromatic rings. The van der Waals surface area contributed by atoms with Crippen LogP contribution in [0.15, 0.2) is 57.9 Å². The molecule has 126 valence electrons. The van der Waals surface area contributed by atoms with Gasteiger partial charge in [0.2, 0.25) is 0 Å². The molecule has 0 radical (unpaired) electrons. The van der Waals surface area contributed by atoms with E-state index in [4.69, 9.17) is 4.42 Å². The highest BCUT2D eigenvalue weighted by atomic mass is 16.3. The third-order valence-corrected chi connectivity index (χ3v) is 4.49. The molecule has 1 aromatic carbocycles. The van der Waals surface area contributed by atoms with Crippen LogP contribution >= 0.6 is 0 Å². The molecule has 0 spiro atoms. The zero-order chi connectivity index (χ0) is 17.4. The molecule has 0 aliphatic heterocycles. The zero-order valence-corrected chi connectivity index (χ0v) is 13.3. The molecular weight excluding hydrogens is 320 g/mol. The Bertz CT molecular complexity index is 989. The van der Waals surface area contributed by atoms with E-state index < -0.39 is 11.5 Å². The fourth-order valence-electron chi connectivity index (χ4n) is 3.25. The van der Waals surface area contributed by atoms with Gasteiger partial charge in [0.05, 0.1) is 18.0 Å². The summed E-state index contributed by atoms with van der Waals surface area (Å²) in [7, 11) is 0. The summed E-state index contributed by atoms with van der Waals surface area (Å²) in [6, 6.07) is 11.7. The molecule has 0 bridgehead atoms. The molecule has 0 fully saturated rings. The van der Waals surface area contributed by atoms with E-state index in [1.807, 2.05) is 6.07 Å². The van der Waals surface area contributed by atoms with Crippen molar-refractivity contribution in [2.75, 3.05) is 0 Å². The van der Waals surface area contributed by atoms with Crippen molar-refractivity contribution in [3.05, 3.63) is 75.8 Å². The van der Waals surface area contributed by atoms with Crippen LogP contribution in [-0.2, 0) is 6.42 Å². The van der Waals surface area contributed by atoms with Gasteiger partial charge < -0.3 is 19.8 Å². The number of rotatable bonds is 3. The number of carbonyl (C=O) groups is 1. The Morgan fingerprint density at radius 3 is 2.84 bits per heavy atom. The Morgan fingerprint density at radius 1 is 1.20 bits per heavy atom. The van der Waals surface area contributed by atoms with Gasteiger partial charge in [-0.05, 0) is 54.3 Å². The number of benzene rings is 1. The van der Waals surface area contributed by atoms with Gasteiger partial charge in [0, 0.05) is 0 Å². The summed E-state index contributed by atoms with van der Waals surface area (Å²) < 4.78 is 5.24. The lowest BCUT2D eigenvalue weighted by atomic mass is 10.1. The molecule has 0 saturated heterocycles. The second kappa shape index (κ2) is 5.98. The zero-order valence-electron chi connectivity index (χ0n) is 13.3. The number of carbonyl (C=O) groups excluding carboxylic acids is 1. The van der Waals surface area contributed by atoms with Crippen molar-refractivity contribution >= 4 is 5.91 Å². The van der Waals surface area contributed by atoms with Gasteiger partial charge in [0.15, 0.2) is 0 Å². The van der Waals surface area contributed by atoms with Crippen molar-refractivity contribution < 1.29 is 14.3 Å². The molecule has 2 heterocycles. The monoisotopic (exact) mass is 336 g/mol. The fraction of sp³-hybridized carbons (Fsp3) is 0.158. The highest BCUT2D eigenvalue weighted by molar-refractivity contribution is 5.94. The number of pyridine rings is 1. The first-order valence-electron chi connectivity index (χ1n) is 8.02. The summed E-state index contributed by atoms with van der Waals surface area (Å²) in [5, 5.41) is 12.8. The average molecular weight is 336 g/mol. The van der Waals surface area contributed by atoms with E-state index in [0.717, 1.165) is 11.1 Å². The van der Waals surface area contributed by atoms with Gasteiger partial charge in [-0.1, -0.05) is 12.1 Å². The quantitative estimate of drug-likeness (QED) is 0.685. The normalized spacial score (nSPS) is 15.8. The molecule has 0 saturated carbocycles. The predicted octanol–water partition coefficient (Wildman–Crippen LogP) is 2.76. The van der Waals surface area contributed by atoms with Crippen molar-refractivity contribution in [1.82, 2.24) is 10.3 Å². The van der Waals surface area contributed by atoms with Crippen molar-refractivity contribution in [2.45, 2.75) is 18.9 Å². The number of H-pyrrole nitrogens is 1. The minimum absolute atomic E-state index is 0.0453. The maximum Gasteiger partial charge on any atom is 0.261 e. The average Bonchev–Trinajstić information content (AvgIpc) is 3.26. The van der Waals surface area contributed by atoms with Crippen LogP contribution in [0, 0.1) is 0 Å². The maximum absolute atomic E-state index is 12.5. The van der Waals surface area contributed by atoms with Crippen LogP contribution in [0.25, 0.3) is 11.5 Å². The number of fused-ring (bicyclic) bond motifs is 1. The number of aromatic hydroxyl groups is 1. The minimum atomic E-state index is -0.472. The van der Waals surface area contributed by atoms with Crippen molar-refractivity contribution in [3.8, 4) is 17.2 Å². The highest BCUT2D eigenvalue weighted by Crippen LogP contribution is 2.36. The predicted molar refractivity (Wildman–Crippen MR) is 91.4 cm³/mol. The Balaban J connectivity index is 1.57. The summed E-state index contributed by atoms with van der Waals surface area (Å²) in [6.07, 6.45) is 2.91. The largest absolute Gasteiger partial charge is 0.508 e. The van der Waals surface area contributed by atoms with Gasteiger partial charge in [0.1, 0.15) is 17.1 Å². The maximum atomic E-state index is 12.5. The van der Waals surface area contributed by atoms with Crippen LogP contribution in [0.1, 0.15) is 33.9 Å². The van der Waals surface area contributed by atoms with Gasteiger partial charge in [-0.2, -0.15) is 0 Å². The van der Waals surface area contributed by atoms with Crippen LogP contribution in [0.3, 0.4) is 0 Å². The number of phenolic OH excluding ortho intramolecular Hbond substituents is 1. The molecular formula is C19H16N2O4. The number of aromatic nitrogens is 1. The Labute approximate surface area is 143 Å². The third-order valence-electron chi connectivity index (χ3n) is 4.49. The minimum Gasteiger partial charge on any atom is -0.508 e. The Morgan fingerprint density at radius 2 is 2.08 bits per heavy atom. The van der Waals surface area contributed by atoms with E-state index in [-0.39, 0.29) is 17.4 Å². The number of phenols is 1. The summed E-state index contributed by atoms with van der Waals surface area (Å²) in [5.74, 6) is 0.340. The molecule has 1 aliphatic carbocycles. The lowest BCUT2D eigenvalue weighted by Gasteiger charge is -2.14. The first-order chi connectivity index (χ1) is 12.1. The molecule has 1 amide bonds. The molecule has 1 aliphatic rings. The van der Waals surface area contributed by atoms with Crippen molar-refractivity contribution in [1.29, 1.82) is 0 Å². The molecule has 6 heteroatoms. The van der Waals surface area contributed by atoms with E-state index in [1.165, 1.54) is 12.3 Å². The molecule has 3 N–H and O–H groups in total. The number of nitrogens with one attached hydrogen (secondary N) is 2. The van der Waals surface area contributed by atoms with Crippen LogP contribution in [0.4, 0.5) is 0 Å². The van der Waals surface area contributed by atoms with Gasteiger partial charge in [0.25, 0.3) is 11.5 Å². The van der Waals surface area contributed by atoms with E-state index in [9.17, 15) is 14.7 Å². The second-order valence-electron chi connectivity index (χ2n) is 6.00. The summed E-state index contributed by atoms with van der Waals surface area (Å²) in [6.45, 7) is 0. The number of hydrogen-bond acceptors (Lipinski definition) is 4. The SMILES string of the molecule is O=C(N[C@@H]1CCc2c(O)cccc21)c1ccc(-c2ccco2)[nH]c1=O. The smallest absolute Gasteiger partial charge is 0.261 e. The van der Waals surface area contributed by atoms with Crippen molar-refractivity contribution in [3.63, 3.8) is 0 Å². The van der Waals surface area contributed by atoms with Gasteiger partial charge >= 0.3 is 0 Å². The number of amides is 1. The van der Waals surface area contributed by atoms with E-state index in [2.05, 4.69) is 10.3 Å². The number of aromatic amines is 1. The molecule has 1 atom stereocenters. The number of furan rings is 1. The van der Waals surface area contributed by atoms with Crippen LogP contribution < -0.4 is 10.9 Å². The van der Waals surface area contributed by atoms with Crippen LogP contribution in [0.5, 0.6) is 5.75 Å². The number of hydrogen-bond donors (Lipinski definition) is 3. The molecule has 2 aromatic heterocycles. The Kier molecular flexibility index (Phi) is 3.65. The van der Waals surface area contributed by atoms with E-state index in [1.54, 1.807) is 30.3 Å². The van der Waals surface area contributed by atoms with Crippen LogP contribution in [-0.4, -0.2) is 16.0 Å². The van der Waals surface area contributed by atoms with Gasteiger partial charge in [-0.3, -0.25) is 9.59 Å².